The molecular formula is C10H19NO3. The number of carboxylic acids is 1. The Hall–Kier alpha value is -0.610. The molecule has 0 saturated carbocycles. The van der Waals surface area contributed by atoms with Crippen molar-refractivity contribution in [1.29, 1.82) is 0 Å². The molecule has 2 N–H and O–H groups in total. The number of nitrogens with zero attached hydrogens (tertiary/aromatic N) is 1. The Kier molecular flexibility index (Phi) is 4.35. The predicted octanol–water partition coefficient (Wildman–Crippen LogP) is 0.554. The Balaban J connectivity index is 2.40. The molecule has 0 bridgehead atoms. The van der Waals surface area contributed by atoms with Crippen LogP contribution in [-0.4, -0.2) is 46.8 Å². The van der Waals surface area contributed by atoms with Gasteiger partial charge < -0.3 is 10.2 Å². The maximum absolute atomic E-state index is 10.5. The SMILES string of the molecule is CCC[C@H]1CN(CC(=O)O)CC[C@H]1O. The van der Waals surface area contributed by atoms with E-state index in [4.69, 9.17) is 5.11 Å². The second-order valence-electron chi connectivity index (χ2n) is 4.03. The van der Waals surface area contributed by atoms with E-state index in [0.717, 1.165) is 19.4 Å². The first-order chi connectivity index (χ1) is 6.63. The first-order valence-corrected chi connectivity index (χ1v) is 5.25. The smallest absolute Gasteiger partial charge is 0.317 e. The number of aliphatic carboxylic acids is 1. The van der Waals surface area contributed by atoms with Crippen LogP contribution in [0.4, 0.5) is 0 Å². The Morgan fingerprint density at radius 3 is 2.86 bits per heavy atom. The Morgan fingerprint density at radius 2 is 2.29 bits per heavy atom. The highest BCUT2D eigenvalue weighted by molar-refractivity contribution is 5.69. The molecular weight excluding hydrogens is 182 g/mol. The molecule has 0 aliphatic carbocycles. The van der Waals surface area contributed by atoms with E-state index < -0.39 is 5.97 Å². The third-order valence-electron chi connectivity index (χ3n) is 2.80. The minimum Gasteiger partial charge on any atom is -0.480 e. The quantitative estimate of drug-likeness (QED) is 0.697. The van der Waals surface area contributed by atoms with Gasteiger partial charge in [0.05, 0.1) is 12.6 Å². The summed E-state index contributed by atoms with van der Waals surface area (Å²) in [6.07, 6.45) is 2.50. The van der Waals surface area contributed by atoms with Gasteiger partial charge >= 0.3 is 5.97 Å². The van der Waals surface area contributed by atoms with Gasteiger partial charge in [-0.05, 0) is 18.8 Å². The lowest BCUT2D eigenvalue weighted by molar-refractivity contribution is -0.139. The van der Waals surface area contributed by atoms with Gasteiger partial charge in [0.2, 0.25) is 0 Å². The summed E-state index contributed by atoms with van der Waals surface area (Å²) in [7, 11) is 0. The van der Waals surface area contributed by atoms with E-state index in [1.807, 2.05) is 4.90 Å². The van der Waals surface area contributed by atoms with Gasteiger partial charge in [-0.1, -0.05) is 13.3 Å². The Labute approximate surface area is 84.5 Å². The van der Waals surface area contributed by atoms with Crippen LogP contribution in [0.2, 0.25) is 0 Å². The number of piperidine rings is 1. The highest BCUT2D eigenvalue weighted by Crippen LogP contribution is 2.21. The van der Waals surface area contributed by atoms with E-state index in [0.29, 0.717) is 13.0 Å². The van der Waals surface area contributed by atoms with Crippen molar-refractivity contribution < 1.29 is 15.0 Å². The van der Waals surface area contributed by atoms with Crippen LogP contribution in [-0.2, 0) is 4.79 Å². The third-order valence-corrected chi connectivity index (χ3v) is 2.80. The average Bonchev–Trinajstić information content (AvgIpc) is 2.10. The molecule has 1 aliphatic rings. The molecule has 82 valence electrons. The van der Waals surface area contributed by atoms with Crippen molar-refractivity contribution in [3.8, 4) is 0 Å². The molecule has 0 amide bonds. The Morgan fingerprint density at radius 1 is 1.57 bits per heavy atom. The van der Waals surface area contributed by atoms with Crippen LogP contribution >= 0.6 is 0 Å². The number of hydrogen-bond acceptors (Lipinski definition) is 3. The summed E-state index contributed by atoms with van der Waals surface area (Å²) >= 11 is 0. The largest absolute Gasteiger partial charge is 0.480 e. The average molecular weight is 201 g/mol. The Bertz CT molecular complexity index is 196. The summed E-state index contributed by atoms with van der Waals surface area (Å²) in [5.41, 5.74) is 0. The van der Waals surface area contributed by atoms with E-state index in [-0.39, 0.29) is 18.6 Å². The molecule has 2 atom stereocenters. The summed E-state index contributed by atoms with van der Waals surface area (Å²) in [5.74, 6) is -0.523. The molecule has 14 heavy (non-hydrogen) atoms. The monoisotopic (exact) mass is 201 g/mol. The van der Waals surface area contributed by atoms with E-state index in [2.05, 4.69) is 6.92 Å². The molecule has 0 aromatic carbocycles. The van der Waals surface area contributed by atoms with Gasteiger partial charge in [-0.25, -0.2) is 0 Å². The van der Waals surface area contributed by atoms with Crippen molar-refractivity contribution in [2.45, 2.75) is 32.3 Å². The van der Waals surface area contributed by atoms with Gasteiger partial charge in [-0.3, -0.25) is 9.69 Å². The van der Waals surface area contributed by atoms with Crippen LogP contribution in [0.15, 0.2) is 0 Å². The first kappa shape index (κ1) is 11.5. The maximum atomic E-state index is 10.5. The van der Waals surface area contributed by atoms with Gasteiger partial charge in [0, 0.05) is 13.1 Å². The molecule has 1 fully saturated rings. The van der Waals surface area contributed by atoms with Crippen LogP contribution in [0.3, 0.4) is 0 Å². The molecule has 0 aromatic heterocycles. The van der Waals surface area contributed by atoms with Crippen LogP contribution in [0.5, 0.6) is 0 Å². The zero-order chi connectivity index (χ0) is 10.6. The van der Waals surface area contributed by atoms with E-state index >= 15 is 0 Å². The lowest BCUT2D eigenvalue weighted by Gasteiger charge is -2.35. The van der Waals surface area contributed by atoms with Crippen LogP contribution in [0.25, 0.3) is 0 Å². The molecule has 1 heterocycles. The van der Waals surface area contributed by atoms with Crippen LogP contribution in [0, 0.1) is 5.92 Å². The number of rotatable bonds is 4. The van der Waals surface area contributed by atoms with Crippen molar-refractivity contribution >= 4 is 5.97 Å². The molecule has 0 unspecified atom stereocenters. The summed E-state index contributed by atoms with van der Waals surface area (Å²) in [6.45, 7) is 3.62. The zero-order valence-electron chi connectivity index (χ0n) is 8.65. The molecule has 4 heteroatoms. The van der Waals surface area contributed by atoms with Crippen molar-refractivity contribution in [2.75, 3.05) is 19.6 Å². The first-order valence-electron chi connectivity index (χ1n) is 5.25. The van der Waals surface area contributed by atoms with Gasteiger partial charge in [0.25, 0.3) is 0 Å². The van der Waals surface area contributed by atoms with Gasteiger partial charge in [0.1, 0.15) is 0 Å². The second-order valence-corrected chi connectivity index (χ2v) is 4.03. The van der Waals surface area contributed by atoms with Crippen molar-refractivity contribution in [2.24, 2.45) is 5.92 Å². The van der Waals surface area contributed by atoms with Crippen LogP contribution < -0.4 is 0 Å². The fraction of sp³-hybridized carbons (Fsp3) is 0.900. The maximum Gasteiger partial charge on any atom is 0.317 e. The molecule has 1 rings (SSSR count). The topological polar surface area (TPSA) is 60.8 Å². The number of hydrogen-bond donors (Lipinski definition) is 2. The number of aliphatic hydroxyl groups excluding tert-OH is 1. The molecule has 0 aromatic rings. The number of likely N-dealkylation sites (tertiary alicyclic amines) is 1. The molecule has 1 saturated heterocycles. The summed E-state index contributed by atoms with van der Waals surface area (Å²) in [4.78, 5) is 12.4. The van der Waals surface area contributed by atoms with Gasteiger partial charge in [-0.2, -0.15) is 0 Å². The number of aliphatic hydroxyl groups is 1. The number of carbonyl (C=O) groups is 1. The van der Waals surface area contributed by atoms with Gasteiger partial charge in [-0.15, -0.1) is 0 Å². The normalized spacial score (nSPS) is 29.0. The third kappa shape index (κ3) is 3.27. The highest BCUT2D eigenvalue weighted by atomic mass is 16.4. The van der Waals surface area contributed by atoms with Crippen LogP contribution in [0.1, 0.15) is 26.2 Å². The van der Waals surface area contributed by atoms with Gasteiger partial charge in [0.15, 0.2) is 0 Å². The lowest BCUT2D eigenvalue weighted by atomic mass is 9.91. The molecule has 0 spiro atoms. The fourth-order valence-corrected chi connectivity index (χ4v) is 2.08. The lowest BCUT2D eigenvalue weighted by Crippen LogP contribution is -2.45. The van der Waals surface area contributed by atoms with E-state index in [1.165, 1.54) is 0 Å². The van der Waals surface area contributed by atoms with Crippen molar-refractivity contribution in [3.63, 3.8) is 0 Å². The molecule has 0 radical (unpaired) electrons. The van der Waals surface area contributed by atoms with Crippen molar-refractivity contribution in [3.05, 3.63) is 0 Å². The standard InChI is InChI=1S/C10H19NO3/c1-2-3-8-6-11(7-10(13)14)5-4-9(8)12/h8-9,12H,2-7H2,1H3,(H,13,14)/t8-,9+/m0/s1. The highest BCUT2D eigenvalue weighted by Gasteiger charge is 2.27. The van der Waals surface area contributed by atoms with E-state index in [9.17, 15) is 9.90 Å². The summed E-state index contributed by atoms with van der Waals surface area (Å²) in [6, 6.07) is 0. The minimum atomic E-state index is -0.781. The zero-order valence-corrected chi connectivity index (χ0v) is 8.65. The molecule has 1 aliphatic heterocycles. The summed E-state index contributed by atoms with van der Waals surface area (Å²) < 4.78 is 0. The van der Waals surface area contributed by atoms with E-state index in [1.54, 1.807) is 0 Å². The predicted molar refractivity (Wildman–Crippen MR) is 53.1 cm³/mol. The fourth-order valence-electron chi connectivity index (χ4n) is 2.08. The minimum absolute atomic E-state index is 0.104. The summed E-state index contributed by atoms with van der Waals surface area (Å²) in [5, 5.41) is 18.3. The van der Waals surface area contributed by atoms with Crippen molar-refractivity contribution in [1.82, 2.24) is 4.90 Å². The molecule has 4 nitrogen and oxygen atoms in total. The number of carboxylic acid groups (broad SMARTS) is 1. The second kappa shape index (κ2) is 5.32.